The lowest BCUT2D eigenvalue weighted by molar-refractivity contribution is 0.243. The average Bonchev–Trinajstić information content (AvgIpc) is 2.51. The zero-order valence-corrected chi connectivity index (χ0v) is 8.27. The lowest BCUT2D eigenvalue weighted by Gasteiger charge is -2.28. The fourth-order valence-electron chi connectivity index (χ4n) is 2.04. The molecular weight excluding hydrogens is 164 g/mol. The Hall–Kier alpha value is -0.900. The molecule has 0 aromatic carbocycles. The number of piperidine rings is 1. The van der Waals surface area contributed by atoms with E-state index in [4.69, 9.17) is 0 Å². The molecule has 1 aliphatic rings. The highest BCUT2D eigenvalue weighted by Gasteiger charge is 2.22. The third kappa shape index (κ3) is 1.72. The second kappa shape index (κ2) is 3.46. The van der Waals surface area contributed by atoms with E-state index < -0.39 is 0 Å². The summed E-state index contributed by atoms with van der Waals surface area (Å²) in [5.74, 6) is 1.71. The van der Waals surface area contributed by atoms with E-state index in [1.165, 1.54) is 19.4 Å². The van der Waals surface area contributed by atoms with Gasteiger partial charge in [0.05, 0.1) is 0 Å². The summed E-state index contributed by atoms with van der Waals surface area (Å²) >= 11 is 0. The van der Waals surface area contributed by atoms with Gasteiger partial charge in [0, 0.05) is 19.5 Å². The average molecular weight is 180 g/mol. The number of likely N-dealkylation sites (tertiary alicyclic amines) is 1. The van der Waals surface area contributed by atoms with Crippen LogP contribution in [0, 0.1) is 0 Å². The van der Waals surface area contributed by atoms with Crippen molar-refractivity contribution in [2.75, 3.05) is 20.1 Å². The molecule has 1 aromatic rings. The first-order chi connectivity index (χ1) is 6.27. The van der Waals surface area contributed by atoms with E-state index in [0.29, 0.717) is 5.92 Å². The highest BCUT2D eigenvalue weighted by atomic mass is 15.3. The summed E-state index contributed by atoms with van der Waals surface area (Å²) in [7, 11) is 4.19. The van der Waals surface area contributed by atoms with Crippen molar-refractivity contribution in [1.29, 1.82) is 0 Å². The van der Waals surface area contributed by atoms with Crippen LogP contribution in [0.2, 0.25) is 0 Å². The molecule has 1 saturated heterocycles. The summed E-state index contributed by atoms with van der Waals surface area (Å²) < 4.78 is 2.03. The highest BCUT2D eigenvalue weighted by Crippen LogP contribution is 2.23. The van der Waals surface area contributed by atoms with Gasteiger partial charge in [0.25, 0.3) is 0 Å². The molecule has 4 heteroatoms. The number of aromatic nitrogens is 3. The van der Waals surface area contributed by atoms with Crippen molar-refractivity contribution in [2.24, 2.45) is 7.05 Å². The largest absolute Gasteiger partial charge is 0.320 e. The minimum absolute atomic E-state index is 0.575. The van der Waals surface area contributed by atoms with Gasteiger partial charge < -0.3 is 9.47 Å². The molecule has 1 aliphatic heterocycles. The Kier molecular flexibility index (Phi) is 2.31. The second-order valence-electron chi connectivity index (χ2n) is 3.90. The summed E-state index contributed by atoms with van der Waals surface area (Å²) in [6.45, 7) is 2.33. The van der Waals surface area contributed by atoms with E-state index in [1.807, 2.05) is 11.6 Å². The second-order valence-corrected chi connectivity index (χ2v) is 3.90. The minimum Gasteiger partial charge on any atom is -0.320 e. The molecule has 13 heavy (non-hydrogen) atoms. The van der Waals surface area contributed by atoms with E-state index in [1.54, 1.807) is 6.33 Å². The molecule has 2 heterocycles. The maximum absolute atomic E-state index is 4.16. The van der Waals surface area contributed by atoms with Crippen molar-refractivity contribution in [3.8, 4) is 0 Å². The molecular formula is C9H16N4. The van der Waals surface area contributed by atoms with Crippen LogP contribution >= 0.6 is 0 Å². The third-order valence-corrected chi connectivity index (χ3v) is 2.74. The van der Waals surface area contributed by atoms with Gasteiger partial charge in [0.15, 0.2) is 0 Å². The van der Waals surface area contributed by atoms with Crippen molar-refractivity contribution in [2.45, 2.75) is 18.8 Å². The Bertz CT molecular complexity index is 281. The van der Waals surface area contributed by atoms with Crippen molar-refractivity contribution >= 4 is 0 Å². The van der Waals surface area contributed by atoms with Crippen LogP contribution < -0.4 is 0 Å². The monoisotopic (exact) mass is 180 g/mol. The predicted molar refractivity (Wildman–Crippen MR) is 50.5 cm³/mol. The summed E-state index contributed by atoms with van der Waals surface area (Å²) in [4.78, 5) is 2.36. The van der Waals surface area contributed by atoms with Crippen molar-refractivity contribution in [3.63, 3.8) is 0 Å². The van der Waals surface area contributed by atoms with Gasteiger partial charge in [-0.05, 0) is 26.4 Å². The minimum atomic E-state index is 0.575. The predicted octanol–water partition coefficient (Wildman–Crippen LogP) is 0.624. The number of hydrogen-bond acceptors (Lipinski definition) is 3. The van der Waals surface area contributed by atoms with Crippen LogP contribution in [0.15, 0.2) is 6.33 Å². The van der Waals surface area contributed by atoms with Gasteiger partial charge in [0.2, 0.25) is 0 Å². The van der Waals surface area contributed by atoms with Gasteiger partial charge in [-0.25, -0.2) is 0 Å². The topological polar surface area (TPSA) is 34.0 Å². The van der Waals surface area contributed by atoms with Gasteiger partial charge in [-0.3, -0.25) is 0 Å². The molecule has 72 valence electrons. The van der Waals surface area contributed by atoms with Crippen LogP contribution in [0.1, 0.15) is 24.6 Å². The molecule has 1 atom stereocenters. The third-order valence-electron chi connectivity index (χ3n) is 2.74. The maximum atomic E-state index is 4.16. The molecule has 2 rings (SSSR count). The van der Waals surface area contributed by atoms with Gasteiger partial charge in [0.1, 0.15) is 12.2 Å². The van der Waals surface area contributed by atoms with E-state index in [-0.39, 0.29) is 0 Å². The molecule has 0 saturated carbocycles. The summed E-state index contributed by atoms with van der Waals surface area (Å²) in [5.41, 5.74) is 0. The first-order valence-corrected chi connectivity index (χ1v) is 4.80. The number of likely N-dealkylation sites (N-methyl/N-ethyl adjacent to an activating group) is 1. The van der Waals surface area contributed by atoms with E-state index in [0.717, 1.165) is 12.4 Å². The van der Waals surface area contributed by atoms with Crippen molar-refractivity contribution < 1.29 is 0 Å². The van der Waals surface area contributed by atoms with E-state index in [9.17, 15) is 0 Å². The SMILES string of the molecule is CN1CCC[C@H](c2nncn2C)C1. The molecule has 1 aromatic heterocycles. The standard InChI is InChI=1S/C9H16N4/c1-12-5-3-4-8(6-12)9-11-10-7-13(9)2/h7-8H,3-6H2,1-2H3/t8-/m0/s1. The molecule has 0 aliphatic carbocycles. The van der Waals surface area contributed by atoms with Gasteiger partial charge in [-0.15, -0.1) is 10.2 Å². The fourth-order valence-corrected chi connectivity index (χ4v) is 2.04. The Balaban J connectivity index is 2.12. The van der Waals surface area contributed by atoms with Crippen LogP contribution in [-0.4, -0.2) is 39.8 Å². The van der Waals surface area contributed by atoms with Crippen LogP contribution in [0.5, 0.6) is 0 Å². The number of hydrogen-bond donors (Lipinski definition) is 0. The molecule has 0 amide bonds. The Morgan fingerprint density at radius 3 is 2.92 bits per heavy atom. The molecule has 0 radical (unpaired) electrons. The Morgan fingerprint density at radius 2 is 2.31 bits per heavy atom. The van der Waals surface area contributed by atoms with Gasteiger partial charge in [-0.1, -0.05) is 0 Å². The molecule has 4 nitrogen and oxygen atoms in total. The fraction of sp³-hybridized carbons (Fsp3) is 0.778. The van der Waals surface area contributed by atoms with Crippen molar-refractivity contribution in [3.05, 3.63) is 12.2 Å². The molecule has 0 bridgehead atoms. The Morgan fingerprint density at radius 1 is 1.46 bits per heavy atom. The smallest absolute Gasteiger partial charge is 0.136 e. The molecule has 0 unspecified atom stereocenters. The zero-order valence-electron chi connectivity index (χ0n) is 8.27. The quantitative estimate of drug-likeness (QED) is 0.635. The van der Waals surface area contributed by atoms with E-state index >= 15 is 0 Å². The van der Waals surface area contributed by atoms with Crippen molar-refractivity contribution in [1.82, 2.24) is 19.7 Å². The number of rotatable bonds is 1. The molecule has 1 fully saturated rings. The molecule has 0 N–H and O–H groups in total. The lowest BCUT2D eigenvalue weighted by Crippen LogP contribution is -2.31. The zero-order chi connectivity index (χ0) is 9.26. The summed E-state index contributed by atoms with van der Waals surface area (Å²) in [5, 5.41) is 8.08. The van der Waals surface area contributed by atoms with Crippen LogP contribution in [0.3, 0.4) is 0 Å². The van der Waals surface area contributed by atoms with Crippen LogP contribution in [0.25, 0.3) is 0 Å². The number of nitrogens with zero attached hydrogens (tertiary/aromatic N) is 4. The van der Waals surface area contributed by atoms with Crippen LogP contribution in [-0.2, 0) is 7.05 Å². The number of aryl methyl sites for hydroxylation is 1. The summed E-state index contributed by atoms with van der Waals surface area (Å²) in [6.07, 6.45) is 4.30. The van der Waals surface area contributed by atoms with Gasteiger partial charge in [-0.2, -0.15) is 0 Å². The normalized spacial score (nSPS) is 24.9. The molecule has 0 spiro atoms. The van der Waals surface area contributed by atoms with E-state index in [2.05, 4.69) is 22.1 Å². The van der Waals surface area contributed by atoms with Crippen LogP contribution in [0.4, 0.5) is 0 Å². The van der Waals surface area contributed by atoms with Gasteiger partial charge >= 0.3 is 0 Å². The Labute approximate surface area is 78.6 Å². The summed E-state index contributed by atoms with van der Waals surface area (Å²) in [6, 6.07) is 0. The maximum Gasteiger partial charge on any atom is 0.136 e. The first kappa shape index (κ1) is 8.69. The highest BCUT2D eigenvalue weighted by molar-refractivity contribution is 4.98. The first-order valence-electron chi connectivity index (χ1n) is 4.80. The lowest BCUT2D eigenvalue weighted by atomic mass is 9.98.